The molecule has 0 aromatic heterocycles. The third kappa shape index (κ3) is 2.69. The number of nitrogens with one attached hydrogen (secondary N) is 1. The van der Waals surface area contributed by atoms with Gasteiger partial charge in [0.25, 0.3) is 5.69 Å². The van der Waals surface area contributed by atoms with Gasteiger partial charge in [0.15, 0.2) is 0 Å². The molecule has 7 heteroatoms. The van der Waals surface area contributed by atoms with Gasteiger partial charge in [-0.25, -0.2) is 0 Å². The second-order valence-electron chi connectivity index (χ2n) is 6.22. The second-order valence-corrected chi connectivity index (χ2v) is 6.63. The summed E-state index contributed by atoms with van der Waals surface area (Å²) >= 11 is 5.93. The number of nitrogens with zero attached hydrogens (tertiary/aromatic N) is 2. The van der Waals surface area contributed by atoms with E-state index in [2.05, 4.69) is 6.07 Å². The Kier molecular flexibility index (Phi) is 4.02. The molecule has 3 aromatic rings. The van der Waals surface area contributed by atoms with Crippen LogP contribution < -0.4 is 4.74 Å². The zero-order valence-electron chi connectivity index (χ0n) is 13.8. The zero-order chi connectivity index (χ0) is 19.1. The van der Waals surface area contributed by atoms with Crippen molar-refractivity contribution < 1.29 is 9.66 Å². The fourth-order valence-electron chi connectivity index (χ4n) is 3.49. The minimum atomic E-state index is -0.889. The average Bonchev–Trinajstić information content (AvgIpc) is 2.67. The van der Waals surface area contributed by atoms with E-state index >= 15 is 0 Å². The number of fused-ring (bicyclic) bond motifs is 3. The first-order valence-corrected chi connectivity index (χ1v) is 8.50. The van der Waals surface area contributed by atoms with Crippen molar-refractivity contribution in [2.24, 2.45) is 5.92 Å². The van der Waals surface area contributed by atoms with Gasteiger partial charge in [0.1, 0.15) is 16.7 Å². The zero-order valence-corrected chi connectivity index (χ0v) is 14.6. The number of ether oxygens (including phenoxy) is 1. The molecular formula is C20H12ClN3O3. The minimum absolute atomic E-state index is 0.0260. The van der Waals surface area contributed by atoms with Crippen molar-refractivity contribution in [1.82, 2.24) is 0 Å². The molecule has 0 radical (unpaired) electrons. The first kappa shape index (κ1) is 17.0. The molecule has 132 valence electrons. The van der Waals surface area contributed by atoms with Crippen LogP contribution in [-0.4, -0.2) is 10.8 Å². The van der Waals surface area contributed by atoms with Crippen molar-refractivity contribution in [3.05, 3.63) is 80.9 Å². The number of nitro benzene ring substituents is 1. The van der Waals surface area contributed by atoms with Crippen LogP contribution in [0.2, 0.25) is 5.02 Å². The first-order valence-electron chi connectivity index (χ1n) is 8.12. The van der Waals surface area contributed by atoms with Crippen molar-refractivity contribution in [3.8, 4) is 11.8 Å². The predicted molar refractivity (Wildman–Crippen MR) is 101 cm³/mol. The molecule has 4 rings (SSSR count). The van der Waals surface area contributed by atoms with Crippen molar-refractivity contribution in [3.63, 3.8) is 0 Å². The van der Waals surface area contributed by atoms with E-state index < -0.39 is 16.8 Å². The summed E-state index contributed by atoms with van der Waals surface area (Å²) in [4.78, 5) is 10.7. The van der Waals surface area contributed by atoms with Gasteiger partial charge >= 0.3 is 0 Å². The molecule has 0 saturated heterocycles. The fourth-order valence-corrected chi connectivity index (χ4v) is 3.68. The standard InChI is InChI=1S/C20H12ClN3O3/c21-16-8-6-12(9-17(16)24(25)26)18-14-7-5-11-3-1-2-4-13(11)19(14)27-20(23)15(18)10-22/h1-9,15,18,23H. The molecule has 3 aromatic carbocycles. The number of nitro groups is 1. The molecule has 1 aliphatic heterocycles. The summed E-state index contributed by atoms with van der Waals surface area (Å²) < 4.78 is 5.70. The monoisotopic (exact) mass is 377 g/mol. The molecule has 2 unspecified atom stereocenters. The summed E-state index contributed by atoms with van der Waals surface area (Å²) in [7, 11) is 0. The molecule has 0 fully saturated rings. The van der Waals surface area contributed by atoms with Crippen molar-refractivity contribution in [2.75, 3.05) is 0 Å². The van der Waals surface area contributed by atoms with Crippen LogP contribution in [0.4, 0.5) is 5.69 Å². The largest absolute Gasteiger partial charge is 0.441 e. The lowest BCUT2D eigenvalue weighted by molar-refractivity contribution is -0.384. The van der Waals surface area contributed by atoms with Crippen LogP contribution in [0.25, 0.3) is 10.8 Å². The Bertz CT molecular complexity index is 1150. The third-order valence-corrected chi connectivity index (χ3v) is 5.06. The van der Waals surface area contributed by atoms with Gasteiger partial charge < -0.3 is 4.74 Å². The third-order valence-electron chi connectivity index (χ3n) is 4.74. The van der Waals surface area contributed by atoms with Gasteiger partial charge in [0.2, 0.25) is 5.90 Å². The van der Waals surface area contributed by atoms with Gasteiger partial charge in [-0.3, -0.25) is 15.5 Å². The highest BCUT2D eigenvalue weighted by Gasteiger charge is 2.38. The van der Waals surface area contributed by atoms with E-state index in [0.717, 1.165) is 10.8 Å². The highest BCUT2D eigenvalue weighted by molar-refractivity contribution is 6.32. The Hall–Kier alpha value is -3.43. The molecular weight excluding hydrogens is 366 g/mol. The van der Waals surface area contributed by atoms with Crippen molar-refractivity contribution >= 4 is 34.0 Å². The Balaban J connectivity index is 1.98. The van der Waals surface area contributed by atoms with Crippen LogP contribution in [0.1, 0.15) is 17.0 Å². The Morgan fingerprint density at radius 3 is 2.70 bits per heavy atom. The summed E-state index contributed by atoms with van der Waals surface area (Å²) in [6, 6.07) is 17.9. The van der Waals surface area contributed by atoms with E-state index in [9.17, 15) is 15.4 Å². The average molecular weight is 378 g/mol. The summed E-state index contributed by atoms with van der Waals surface area (Å²) in [6.45, 7) is 0. The van der Waals surface area contributed by atoms with Crippen LogP contribution in [0, 0.1) is 32.8 Å². The summed E-state index contributed by atoms with van der Waals surface area (Å²) in [6.07, 6.45) is 0. The van der Waals surface area contributed by atoms with Crippen LogP contribution in [0.5, 0.6) is 5.75 Å². The lowest BCUT2D eigenvalue weighted by atomic mass is 9.78. The summed E-state index contributed by atoms with van der Waals surface area (Å²) in [5, 5.41) is 30.9. The number of nitriles is 1. The number of rotatable bonds is 2. The van der Waals surface area contributed by atoms with Gasteiger partial charge in [0, 0.05) is 22.9 Å². The van der Waals surface area contributed by atoms with Gasteiger partial charge in [-0.05, 0) is 17.0 Å². The molecule has 0 amide bonds. The van der Waals surface area contributed by atoms with Crippen LogP contribution in [0.15, 0.2) is 54.6 Å². The van der Waals surface area contributed by atoms with Crippen molar-refractivity contribution in [1.29, 1.82) is 10.7 Å². The quantitative estimate of drug-likeness (QED) is 0.499. The molecule has 2 atom stereocenters. The maximum Gasteiger partial charge on any atom is 0.288 e. The SMILES string of the molecule is N#CC1C(=N)Oc2c(ccc3ccccc23)C1c1ccc(Cl)c([N+](=O)[O-])c1. The minimum Gasteiger partial charge on any atom is -0.441 e. The predicted octanol–water partition coefficient (Wildman–Crippen LogP) is 5.04. The van der Waals surface area contributed by atoms with E-state index in [1.54, 1.807) is 6.07 Å². The molecule has 1 heterocycles. The lowest BCUT2D eigenvalue weighted by Crippen LogP contribution is -2.31. The summed E-state index contributed by atoms with van der Waals surface area (Å²) in [5.41, 5.74) is 1.03. The molecule has 0 saturated carbocycles. The van der Waals surface area contributed by atoms with E-state index in [1.165, 1.54) is 12.1 Å². The lowest BCUT2D eigenvalue weighted by Gasteiger charge is -2.31. The first-order chi connectivity index (χ1) is 13.0. The van der Waals surface area contributed by atoms with Gasteiger partial charge in [-0.2, -0.15) is 5.26 Å². The van der Waals surface area contributed by atoms with E-state index in [1.807, 2.05) is 36.4 Å². The molecule has 0 spiro atoms. The second kappa shape index (κ2) is 6.38. The van der Waals surface area contributed by atoms with Crippen molar-refractivity contribution in [2.45, 2.75) is 5.92 Å². The molecule has 1 aliphatic rings. The topological polar surface area (TPSA) is 100 Å². The highest BCUT2D eigenvalue weighted by Crippen LogP contribution is 2.46. The van der Waals surface area contributed by atoms with Gasteiger partial charge in [-0.1, -0.05) is 54.1 Å². The van der Waals surface area contributed by atoms with Crippen LogP contribution in [0.3, 0.4) is 0 Å². The maximum atomic E-state index is 11.3. The normalized spacial score (nSPS) is 18.4. The fraction of sp³-hybridized carbons (Fsp3) is 0.100. The summed E-state index contributed by atoms with van der Waals surface area (Å²) in [5.74, 6) is -1.12. The number of hydrogen-bond acceptors (Lipinski definition) is 5. The highest BCUT2D eigenvalue weighted by atomic mass is 35.5. The molecule has 0 bridgehead atoms. The molecule has 27 heavy (non-hydrogen) atoms. The maximum absolute atomic E-state index is 11.3. The molecule has 0 aliphatic carbocycles. The number of hydrogen-bond donors (Lipinski definition) is 1. The Labute approximate surface area is 159 Å². The number of halogens is 1. The Morgan fingerprint density at radius 1 is 1.19 bits per heavy atom. The van der Waals surface area contributed by atoms with E-state index in [4.69, 9.17) is 21.7 Å². The van der Waals surface area contributed by atoms with Crippen LogP contribution >= 0.6 is 11.6 Å². The van der Waals surface area contributed by atoms with E-state index in [-0.39, 0.29) is 16.6 Å². The van der Waals surface area contributed by atoms with Crippen LogP contribution in [-0.2, 0) is 0 Å². The van der Waals surface area contributed by atoms with Gasteiger partial charge in [0.05, 0.1) is 11.0 Å². The Morgan fingerprint density at radius 2 is 1.96 bits per heavy atom. The van der Waals surface area contributed by atoms with Gasteiger partial charge in [-0.15, -0.1) is 0 Å². The number of benzene rings is 3. The molecule has 1 N–H and O–H groups in total. The van der Waals surface area contributed by atoms with E-state index in [0.29, 0.717) is 16.9 Å². The smallest absolute Gasteiger partial charge is 0.288 e. The molecule has 6 nitrogen and oxygen atoms in total.